The molecule has 21 heavy (non-hydrogen) atoms. The molecule has 0 aliphatic carbocycles. The van der Waals surface area contributed by atoms with E-state index in [1.807, 2.05) is 24.3 Å². The molecular weight excluding hydrogens is 293 g/mol. The number of nitrogens with one attached hydrogen (secondary N) is 2. The number of rotatable bonds is 1. The maximum atomic E-state index is 13.7. The van der Waals surface area contributed by atoms with Gasteiger partial charge in [0.2, 0.25) is 0 Å². The van der Waals surface area contributed by atoms with E-state index in [1.54, 1.807) is 4.90 Å². The van der Waals surface area contributed by atoms with Gasteiger partial charge in [0, 0.05) is 18.1 Å². The zero-order valence-corrected chi connectivity index (χ0v) is 11.8. The molecule has 2 N–H and O–H groups in total. The van der Waals surface area contributed by atoms with Crippen molar-refractivity contribution in [1.82, 2.24) is 0 Å². The SMILES string of the molecule is O=C(Nc1cc(Cl)ccc1F)N1CCNc2ccccc21. The molecule has 6 heteroatoms. The van der Waals surface area contributed by atoms with Gasteiger partial charge in [-0.25, -0.2) is 9.18 Å². The van der Waals surface area contributed by atoms with Crippen LogP contribution in [0.5, 0.6) is 0 Å². The Bertz CT molecular complexity index is 692. The molecule has 2 aromatic carbocycles. The number of hydrogen-bond acceptors (Lipinski definition) is 2. The number of nitrogens with zero attached hydrogens (tertiary/aromatic N) is 1. The van der Waals surface area contributed by atoms with Crippen LogP contribution < -0.4 is 15.5 Å². The zero-order chi connectivity index (χ0) is 14.8. The molecular formula is C15H13ClFN3O. The van der Waals surface area contributed by atoms with Crippen LogP contribution in [0.25, 0.3) is 0 Å². The summed E-state index contributed by atoms with van der Waals surface area (Å²) in [7, 11) is 0. The number of urea groups is 1. The van der Waals surface area contributed by atoms with Gasteiger partial charge in [-0.15, -0.1) is 0 Å². The molecule has 3 rings (SSSR count). The highest BCUT2D eigenvalue weighted by Gasteiger charge is 2.22. The molecule has 0 atom stereocenters. The second-order valence-electron chi connectivity index (χ2n) is 4.65. The molecule has 108 valence electrons. The molecule has 0 spiro atoms. The van der Waals surface area contributed by atoms with Gasteiger partial charge in [0.05, 0.1) is 17.1 Å². The molecule has 0 radical (unpaired) electrons. The van der Waals surface area contributed by atoms with Gasteiger partial charge in [0.15, 0.2) is 0 Å². The molecule has 2 aromatic rings. The Kier molecular flexibility index (Phi) is 3.66. The number of para-hydroxylation sites is 2. The van der Waals surface area contributed by atoms with Crippen LogP contribution in [0.3, 0.4) is 0 Å². The third-order valence-corrected chi connectivity index (χ3v) is 3.50. The Morgan fingerprint density at radius 2 is 2.10 bits per heavy atom. The van der Waals surface area contributed by atoms with Crippen molar-refractivity contribution < 1.29 is 9.18 Å². The molecule has 0 fully saturated rings. The highest BCUT2D eigenvalue weighted by molar-refractivity contribution is 6.31. The molecule has 1 aliphatic heterocycles. The molecule has 1 heterocycles. The van der Waals surface area contributed by atoms with Crippen molar-refractivity contribution in [3.05, 3.63) is 53.3 Å². The third kappa shape index (κ3) is 2.78. The van der Waals surface area contributed by atoms with Gasteiger partial charge in [-0.3, -0.25) is 4.90 Å². The first-order valence-electron chi connectivity index (χ1n) is 6.51. The van der Waals surface area contributed by atoms with Crippen molar-refractivity contribution in [3.8, 4) is 0 Å². The Morgan fingerprint density at radius 3 is 2.95 bits per heavy atom. The molecule has 0 bridgehead atoms. The number of hydrogen-bond donors (Lipinski definition) is 2. The van der Waals surface area contributed by atoms with Crippen LogP contribution >= 0.6 is 11.6 Å². The lowest BCUT2D eigenvalue weighted by atomic mass is 10.2. The number of carbonyl (C=O) groups is 1. The second-order valence-corrected chi connectivity index (χ2v) is 5.09. The fourth-order valence-electron chi connectivity index (χ4n) is 2.27. The predicted octanol–water partition coefficient (Wildman–Crippen LogP) is 3.94. The summed E-state index contributed by atoms with van der Waals surface area (Å²) in [6, 6.07) is 11.2. The highest BCUT2D eigenvalue weighted by atomic mass is 35.5. The van der Waals surface area contributed by atoms with Gasteiger partial charge < -0.3 is 10.6 Å². The van der Waals surface area contributed by atoms with Gasteiger partial charge in [-0.05, 0) is 30.3 Å². The number of halogens is 2. The molecule has 4 nitrogen and oxygen atoms in total. The van der Waals surface area contributed by atoms with Crippen LogP contribution in [0.1, 0.15) is 0 Å². The van der Waals surface area contributed by atoms with Crippen molar-refractivity contribution in [1.29, 1.82) is 0 Å². The number of anilines is 3. The van der Waals surface area contributed by atoms with Crippen LogP contribution in [0.15, 0.2) is 42.5 Å². The fraction of sp³-hybridized carbons (Fsp3) is 0.133. The summed E-state index contributed by atoms with van der Waals surface area (Å²) < 4.78 is 13.7. The monoisotopic (exact) mass is 305 g/mol. The van der Waals surface area contributed by atoms with E-state index in [-0.39, 0.29) is 11.7 Å². The van der Waals surface area contributed by atoms with Gasteiger partial charge >= 0.3 is 6.03 Å². The normalized spacial score (nSPS) is 13.3. The van der Waals surface area contributed by atoms with Crippen molar-refractivity contribution in [2.45, 2.75) is 0 Å². The Hall–Kier alpha value is -2.27. The quantitative estimate of drug-likeness (QED) is 0.838. The minimum absolute atomic E-state index is 0.0727. The topological polar surface area (TPSA) is 44.4 Å². The first-order valence-corrected chi connectivity index (χ1v) is 6.89. The second kappa shape index (κ2) is 5.61. The van der Waals surface area contributed by atoms with Crippen molar-refractivity contribution in [2.75, 3.05) is 28.6 Å². The maximum absolute atomic E-state index is 13.7. The lowest BCUT2D eigenvalue weighted by molar-refractivity contribution is 0.257. The van der Waals surface area contributed by atoms with E-state index >= 15 is 0 Å². The minimum Gasteiger partial charge on any atom is -0.382 e. The lowest BCUT2D eigenvalue weighted by Crippen LogP contribution is -2.41. The van der Waals surface area contributed by atoms with Crippen molar-refractivity contribution in [3.63, 3.8) is 0 Å². The average Bonchev–Trinajstić information content (AvgIpc) is 2.50. The first kappa shape index (κ1) is 13.7. The van der Waals surface area contributed by atoms with Crippen LogP contribution in [0.4, 0.5) is 26.2 Å². The Balaban J connectivity index is 1.85. The number of carbonyl (C=O) groups excluding carboxylic acids is 1. The van der Waals surface area contributed by atoms with E-state index in [9.17, 15) is 9.18 Å². The summed E-state index contributed by atoms with van der Waals surface area (Å²) in [4.78, 5) is 13.9. The van der Waals surface area contributed by atoms with Gasteiger partial charge in [0.1, 0.15) is 5.82 Å². The molecule has 2 amide bonds. The van der Waals surface area contributed by atoms with Crippen LogP contribution in [-0.4, -0.2) is 19.1 Å². The van der Waals surface area contributed by atoms with Gasteiger partial charge in [-0.2, -0.15) is 0 Å². The summed E-state index contributed by atoms with van der Waals surface area (Å²) >= 11 is 5.83. The summed E-state index contributed by atoms with van der Waals surface area (Å²) in [5, 5.41) is 6.14. The molecule has 0 saturated carbocycles. The van der Waals surface area contributed by atoms with Crippen molar-refractivity contribution >= 4 is 34.7 Å². The third-order valence-electron chi connectivity index (χ3n) is 3.26. The van der Waals surface area contributed by atoms with Crippen LogP contribution in [0.2, 0.25) is 5.02 Å². The van der Waals surface area contributed by atoms with E-state index < -0.39 is 5.82 Å². The average molecular weight is 306 g/mol. The number of benzene rings is 2. The summed E-state index contributed by atoms with van der Waals surface area (Å²) in [5.41, 5.74) is 1.72. The van der Waals surface area contributed by atoms with E-state index in [2.05, 4.69) is 10.6 Å². The summed E-state index contributed by atoms with van der Waals surface area (Å²) in [6.45, 7) is 1.15. The van der Waals surface area contributed by atoms with Crippen LogP contribution in [0, 0.1) is 5.82 Å². The molecule has 0 unspecified atom stereocenters. The predicted molar refractivity (Wildman–Crippen MR) is 82.7 cm³/mol. The largest absolute Gasteiger partial charge is 0.382 e. The highest BCUT2D eigenvalue weighted by Crippen LogP contribution is 2.29. The molecule has 1 aliphatic rings. The lowest BCUT2D eigenvalue weighted by Gasteiger charge is -2.30. The van der Waals surface area contributed by atoms with E-state index in [0.717, 1.165) is 11.4 Å². The molecule has 0 aromatic heterocycles. The maximum Gasteiger partial charge on any atom is 0.326 e. The number of amides is 2. The van der Waals surface area contributed by atoms with Crippen molar-refractivity contribution in [2.24, 2.45) is 0 Å². The Morgan fingerprint density at radius 1 is 1.29 bits per heavy atom. The number of fused-ring (bicyclic) bond motifs is 1. The minimum atomic E-state index is -0.517. The van der Waals surface area contributed by atoms with Gasteiger partial charge in [-0.1, -0.05) is 23.7 Å². The standard InChI is InChI=1S/C15H13ClFN3O/c16-10-5-6-11(17)13(9-10)19-15(21)20-8-7-18-12-3-1-2-4-14(12)20/h1-6,9,18H,7-8H2,(H,19,21). The summed E-state index contributed by atoms with van der Waals surface area (Å²) in [6.07, 6.45) is 0. The van der Waals surface area contributed by atoms with Gasteiger partial charge in [0.25, 0.3) is 0 Å². The Labute approximate surface area is 126 Å². The summed E-state index contributed by atoms with van der Waals surface area (Å²) in [5.74, 6) is -0.517. The zero-order valence-electron chi connectivity index (χ0n) is 11.1. The smallest absolute Gasteiger partial charge is 0.326 e. The van der Waals surface area contributed by atoms with E-state index in [0.29, 0.717) is 18.1 Å². The van der Waals surface area contributed by atoms with E-state index in [4.69, 9.17) is 11.6 Å². The van der Waals surface area contributed by atoms with Crippen LogP contribution in [-0.2, 0) is 0 Å². The fourth-order valence-corrected chi connectivity index (χ4v) is 2.44. The van der Waals surface area contributed by atoms with E-state index in [1.165, 1.54) is 18.2 Å². The molecule has 0 saturated heterocycles. The first-order chi connectivity index (χ1) is 10.1.